The minimum Gasteiger partial charge on any atom is -0.414 e. The highest BCUT2D eigenvalue weighted by molar-refractivity contribution is 7.15. The monoisotopic (exact) mass is 278 g/mol. The van der Waals surface area contributed by atoms with E-state index in [4.69, 9.17) is 16.3 Å². The molecule has 0 radical (unpaired) electrons. The zero-order valence-corrected chi connectivity index (χ0v) is 11.0. The molecule has 0 spiro atoms. The summed E-state index contributed by atoms with van der Waals surface area (Å²) in [7, 11) is 0. The van der Waals surface area contributed by atoms with Crippen molar-refractivity contribution in [2.75, 3.05) is 0 Å². The Kier molecular flexibility index (Phi) is 4.30. The van der Waals surface area contributed by atoms with Crippen LogP contribution in [-0.2, 0) is 4.79 Å². The first-order chi connectivity index (χ1) is 7.81. The fourth-order valence-electron chi connectivity index (χ4n) is 0.841. The number of nitrogens with zero attached hydrogens (tertiary/aromatic N) is 1. The summed E-state index contributed by atoms with van der Waals surface area (Å²) >= 11 is 6.50. The molecule has 0 aliphatic heterocycles. The molecule has 6 nitrogen and oxygen atoms in total. The fraction of sp³-hybridized carbons (Fsp3) is 0.444. The summed E-state index contributed by atoms with van der Waals surface area (Å²) in [5, 5.41) is 2.64. The molecule has 8 heteroatoms. The van der Waals surface area contributed by atoms with E-state index < -0.39 is 11.6 Å². The SMILES string of the molecule is CC(C)(C)NC(=O)Oc1nc(Cl)c(OC=O)s1. The topological polar surface area (TPSA) is 77.5 Å². The fourth-order valence-corrected chi connectivity index (χ4v) is 1.76. The molecule has 0 fully saturated rings. The first-order valence-corrected chi connectivity index (χ1v) is 5.78. The lowest BCUT2D eigenvalue weighted by Crippen LogP contribution is -2.42. The second kappa shape index (κ2) is 5.33. The number of nitrogens with one attached hydrogen (secondary N) is 1. The molecule has 1 aromatic heterocycles. The van der Waals surface area contributed by atoms with Crippen molar-refractivity contribution in [1.82, 2.24) is 10.3 Å². The molecule has 0 aliphatic carbocycles. The lowest BCUT2D eigenvalue weighted by atomic mass is 10.1. The van der Waals surface area contributed by atoms with Crippen molar-refractivity contribution in [3.63, 3.8) is 0 Å². The third-order valence-electron chi connectivity index (χ3n) is 1.35. The Morgan fingerprint density at radius 3 is 2.71 bits per heavy atom. The largest absolute Gasteiger partial charge is 0.414 e. The lowest BCUT2D eigenvalue weighted by molar-refractivity contribution is -0.120. The van der Waals surface area contributed by atoms with Crippen LogP contribution in [0.4, 0.5) is 4.79 Å². The average molecular weight is 279 g/mol. The van der Waals surface area contributed by atoms with Crippen LogP contribution in [0.1, 0.15) is 20.8 Å². The van der Waals surface area contributed by atoms with Crippen LogP contribution in [0.3, 0.4) is 0 Å². The molecule has 0 bridgehead atoms. The highest BCUT2D eigenvalue weighted by Crippen LogP contribution is 2.35. The smallest absolute Gasteiger partial charge is 0.414 e. The highest BCUT2D eigenvalue weighted by atomic mass is 35.5. The standard InChI is InChI=1S/C9H11ClN2O4S/c1-9(2,3)12-7(14)16-8-11-5(10)6(17-8)15-4-13/h4H,1-3H3,(H,12,14). The van der Waals surface area contributed by atoms with Gasteiger partial charge in [-0.3, -0.25) is 4.79 Å². The van der Waals surface area contributed by atoms with Crippen LogP contribution in [0.5, 0.6) is 10.3 Å². The second-order valence-electron chi connectivity index (χ2n) is 4.04. The van der Waals surface area contributed by atoms with Gasteiger partial charge in [-0.2, -0.15) is 4.98 Å². The summed E-state index contributed by atoms with van der Waals surface area (Å²) in [6.45, 7) is 5.65. The average Bonchev–Trinajstić information content (AvgIpc) is 2.43. The van der Waals surface area contributed by atoms with Gasteiger partial charge in [0, 0.05) is 5.54 Å². The van der Waals surface area contributed by atoms with Gasteiger partial charge in [-0.1, -0.05) is 11.6 Å². The number of halogens is 1. The molecule has 0 aromatic carbocycles. The van der Waals surface area contributed by atoms with Crippen molar-refractivity contribution >= 4 is 35.5 Å². The summed E-state index contributed by atoms with van der Waals surface area (Å²) in [6, 6.07) is 0. The molecule has 1 N–H and O–H groups in total. The Labute approximate surface area is 107 Å². The van der Waals surface area contributed by atoms with Crippen LogP contribution in [-0.4, -0.2) is 23.1 Å². The number of hydrogen-bond donors (Lipinski definition) is 1. The van der Waals surface area contributed by atoms with Crippen LogP contribution >= 0.6 is 22.9 Å². The molecular weight excluding hydrogens is 268 g/mol. The number of carbonyl (C=O) groups excluding carboxylic acids is 2. The van der Waals surface area contributed by atoms with E-state index >= 15 is 0 Å². The minimum absolute atomic E-state index is 0.00796. The number of carbonyl (C=O) groups is 2. The number of amides is 1. The van der Waals surface area contributed by atoms with Crippen molar-refractivity contribution in [3.8, 4) is 10.3 Å². The van der Waals surface area contributed by atoms with Gasteiger partial charge >= 0.3 is 6.09 Å². The van der Waals surface area contributed by atoms with E-state index in [1.54, 1.807) is 0 Å². The first-order valence-electron chi connectivity index (χ1n) is 4.58. The van der Waals surface area contributed by atoms with Crippen LogP contribution < -0.4 is 14.8 Å². The van der Waals surface area contributed by atoms with Crippen molar-refractivity contribution in [2.24, 2.45) is 0 Å². The summed E-state index contributed by atoms with van der Waals surface area (Å²) in [4.78, 5) is 25.2. The number of rotatable bonds is 3. The summed E-state index contributed by atoms with van der Waals surface area (Å²) in [5.74, 6) is 0. The zero-order valence-electron chi connectivity index (χ0n) is 9.44. The predicted molar refractivity (Wildman–Crippen MR) is 62.7 cm³/mol. The Balaban J connectivity index is 2.66. The van der Waals surface area contributed by atoms with Crippen molar-refractivity contribution in [1.29, 1.82) is 0 Å². The van der Waals surface area contributed by atoms with Gasteiger partial charge in [0.25, 0.3) is 11.7 Å². The second-order valence-corrected chi connectivity index (χ2v) is 5.32. The molecule has 1 heterocycles. The molecule has 17 heavy (non-hydrogen) atoms. The van der Waals surface area contributed by atoms with Gasteiger partial charge in [0.15, 0.2) is 5.15 Å². The van der Waals surface area contributed by atoms with Crippen molar-refractivity contribution in [2.45, 2.75) is 26.3 Å². The van der Waals surface area contributed by atoms with Gasteiger partial charge in [-0.25, -0.2) is 4.79 Å². The maximum Gasteiger partial charge on any atom is 0.414 e. The first kappa shape index (κ1) is 13.7. The Morgan fingerprint density at radius 1 is 1.53 bits per heavy atom. The van der Waals surface area contributed by atoms with Crippen molar-refractivity contribution in [3.05, 3.63) is 5.15 Å². The number of aromatic nitrogens is 1. The molecule has 0 atom stereocenters. The number of hydrogen-bond acceptors (Lipinski definition) is 6. The summed E-state index contributed by atoms with van der Waals surface area (Å²) in [6.07, 6.45) is -0.652. The Morgan fingerprint density at radius 2 is 2.18 bits per heavy atom. The molecule has 0 unspecified atom stereocenters. The maximum atomic E-state index is 11.4. The molecule has 1 amide bonds. The third kappa shape index (κ3) is 4.58. The molecule has 94 valence electrons. The lowest BCUT2D eigenvalue weighted by Gasteiger charge is -2.18. The number of thiazole rings is 1. The zero-order chi connectivity index (χ0) is 13.1. The third-order valence-corrected chi connectivity index (χ3v) is 2.54. The van der Waals surface area contributed by atoms with E-state index in [9.17, 15) is 9.59 Å². The van der Waals surface area contributed by atoms with Crippen LogP contribution in [0, 0.1) is 0 Å². The summed E-state index contributed by atoms with van der Waals surface area (Å²) < 4.78 is 9.41. The molecule has 0 aliphatic rings. The van der Waals surface area contributed by atoms with Gasteiger partial charge in [-0.15, -0.1) is 0 Å². The van der Waals surface area contributed by atoms with E-state index in [0.717, 1.165) is 11.3 Å². The molecular formula is C9H11ClN2O4S. The molecule has 0 saturated heterocycles. The Hall–Kier alpha value is -1.34. The Bertz CT molecular complexity index is 427. The molecule has 1 rings (SSSR count). The molecule has 0 saturated carbocycles. The van der Waals surface area contributed by atoms with Gasteiger partial charge in [-0.05, 0) is 32.1 Å². The van der Waals surface area contributed by atoms with Crippen LogP contribution in [0.15, 0.2) is 0 Å². The van der Waals surface area contributed by atoms with Crippen molar-refractivity contribution < 1.29 is 19.1 Å². The van der Waals surface area contributed by atoms with E-state index in [-0.39, 0.29) is 21.9 Å². The van der Waals surface area contributed by atoms with E-state index in [0.29, 0.717) is 0 Å². The van der Waals surface area contributed by atoms with Gasteiger partial charge in [0.05, 0.1) is 0 Å². The van der Waals surface area contributed by atoms with Gasteiger partial charge in [0.1, 0.15) is 0 Å². The van der Waals surface area contributed by atoms with Gasteiger partial charge in [0.2, 0.25) is 5.06 Å². The number of ether oxygens (including phenoxy) is 2. The normalized spacial score (nSPS) is 10.8. The minimum atomic E-state index is -0.652. The predicted octanol–water partition coefficient (Wildman–Crippen LogP) is 2.22. The van der Waals surface area contributed by atoms with Crippen LogP contribution in [0.2, 0.25) is 5.15 Å². The van der Waals surface area contributed by atoms with E-state index in [1.807, 2.05) is 20.8 Å². The molecule has 1 aromatic rings. The highest BCUT2D eigenvalue weighted by Gasteiger charge is 2.18. The van der Waals surface area contributed by atoms with E-state index in [1.165, 1.54) is 0 Å². The van der Waals surface area contributed by atoms with Crippen LogP contribution in [0.25, 0.3) is 0 Å². The summed E-state index contributed by atoms with van der Waals surface area (Å²) in [5.41, 5.74) is -0.416. The maximum absolute atomic E-state index is 11.4. The quantitative estimate of drug-likeness (QED) is 0.858. The van der Waals surface area contributed by atoms with E-state index in [2.05, 4.69) is 15.0 Å². The van der Waals surface area contributed by atoms with Gasteiger partial charge < -0.3 is 14.8 Å².